The minimum Gasteiger partial charge on any atom is -0.483 e. The highest BCUT2D eigenvalue weighted by molar-refractivity contribution is 9.10. The van der Waals surface area contributed by atoms with Crippen molar-refractivity contribution in [1.29, 1.82) is 0 Å². The Morgan fingerprint density at radius 1 is 1.09 bits per heavy atom. The molecule has 2 amide bonds. The van der Waals surface area contributed by atoms with Crippen molar-refractivity contribution in [2.45, 2.75) is 0 Å². The summed E-state index contributed by atoms with van der Waals surface area (Å²) in [6.07, 6.45) is 0. The number of carbonyl (C=O) groups is 2. The van der Waals surface area contributed by atoms with E-state index in [1.54, 1.807) is 44.4 Å². The van der Waals surface area contributed by atoms with Crippen molar-refractivity contribution in [2.75, 3.05) is 26.0 Å². The average molecular weight is 377 g/mol. The van der Waals surface area contributed by atoms with Crippen LogP contribution in [0.5, 0.6) is 5.75 Å². The highest BCUT2D eigenvalue weighted by Gasteiger charge is 2.09. The Hall–Kier alpha value is -2.34. The Morgan fingerprint density at radius 3 is 2.35 bits per heavy atom. The molecule has 0 unspecified atom stereocenters. The summed E-state index contributed by atoms with van der Waals surface area (Å²) in [5, 5.41) is 2.72. The first-order valence-corrected chi connectivity index (χ1v) is 7.75. The molecule has 0 saturated carbocycles. The fourth-order valence-electron chi connectivity index (χ4n) is 1.86. The topological polar surface area (TPSA) is 58.6 Å². The van der Waals surface area contributed by atoms with E-state index < -0.39 is 0 Å². The number of para-hydroxylation sites is 1. The summed E-state index contributed by atoms with van der Waals surface area (Å²) >= 11 is 3.35. The molecule has 0 radical (unpaired) electrons. The van der Waals surface area contributed by atoms with Crippen LogP contribution in [-0.2, 0) is 4.79 Å². The quantitative estimate of drug-likeness (QED) is 0.871. The van der Waals surface area contributed by atoms with Crippen LogP contribution in [0.15, 0.2) is 53.0 Å². The van der Waals surface area contributed by atoms with Crippen molar-refractivity contribution < 1.29 is 14.3 Å². The lowest BCUT2D eigenvalue weighted by molar-refractivity contribution is -0.118. The molecule has 0 aliphatic heterocycles. The molecule has 23 heavy (non-hydrogen) atoms. The van der Waals surface area contributed by atoms with Gasteiger partial charge in [-0.1, -0.05) is 12.1 Å². The van der Waals surface area contributed by atoms with Crippen LogP contribution in [0.1, 0.15) is 10.4 Å². The number of amides is 2. The third-order valence-electron chi connectivity index (χ3n) is 3.02. The second kappa shape index (κ2) is 7.78. The molecular formula is C17H17BrN2O3. The Morgan fingerprint density at radius 2 is 1.74 bits per heavy atom. The number of hydrogen-bond acceptors (Lipinski definition) is 3. The number of nitrogens with zero attached hydrogens (tertiary/aromatic N) is 1. The third-order valence-corrected chi connectivity index (χ3v) is 3.67. The summed E-state index contributed by atoms with van der Waals surface area (Å²) in [5.74, 6) is 0.252. The normalized spacial score (nSPS) is 10.0. The maximum Gasteiger partial charge on any atom is 0.262 e. The molecule has 2 aromatic carbocycles. The van der Waals surface area contributed by atoms with Crippen LogP contribution in [0.25, 0.3) is 0 Å². The van der Waals surface area contributed by atoms with Crippen LogP contribution in [0.4, 0.5) is 5.69 Å². The molecule has 0 heterocycles. The lowest BCUT2D eigenvalue weighted by Crippen LogP contribution is -2.22. The molecule has 0 bridgehead atoms. The number of halogens is 1. The molecule has 120 valence electrons. The zero-order chi connectivity index (χ0) is 16.8. The fourth-order valence-corrected chi connectivity index (χ4v) is 2.26. The minimum absolute atomic E-state index is 0.0832. The van der Waals surface area contributed by atoms with Gasteiger partial charge in [0.05, 0.1) is 4.47 Å². The SMILES string of the molecule is CN(C)C(=O)c1ccc(NC(=O)COc2ccccc2Br)cc1. The molecule has 0 aromatic heterocycles. The van der Waals surface area contributed by atoms with Crippen molar-refractivity contribution in [3.8, 4) is 5.75 Å². The fraction of sp³-hybridized carbons (Fsp3) is 0.176. The van der Waals surface area contributed by atoms with Gasteiger partial charge in [-0.15, -0.1) is 0 Å². The lowest BCUT2D eigenvalue weighted by atomic mass is 10.2. The smallest absolute Gasteiger partial charge is 0.262 e. The minimum atomic E-state index is -0.271. The largest absolute Gasteiger partial charge is 0.483 e. The molecule has 5 nitrogen and oxygen atoms in total. The molecule has 0 spiro atoms. The van der Waals surface area contributed by atoms with E-state index in [9.17, 15) is 9.59 Å². The van der Waals surface area contributed by atoms with Crippen molar-refractivity contribution in [1.82, 2.24) is 4.90 Å². The van der Waals surface area contributed by atoms with E-state index in [4.69, 9.17) is 4.74 Å². The van der Waals surface area contributed by atoms with Crippen LogP contribution < -0.4 is 10.1 Å². The van der Waals surface area contributed by atoms with Crippen LogP contribution >= 0.6 is 15.9 Å². The Balaban J connectivity index is 1.90. The van der Waals surface area contributed by atoms with Crippen molar-refractivity contribution in [3.63, 3.8) is 0 Å². The van der Waals surface area contributed by atoms with Gasteiger partial charge in [-0.05, 0) is 52.3 Å². The summed E-state index contributed by atoms with van der Waals surface area (Å²) in [7, 11) is 3.38. The predicted octanol–water partition coefficient (Wildman–Crippen LogP) is 3.17. The molecule has 0 aliphatic carbocycles. The summed E-state index contributed by atoms with van der Waals surface area (Å²) < 4.78 is 6.24. The molecule has 2 rings (SSSR count). The molecule has 2 aromatic rings. The Kier molecular flexibility index (Phi) is 5.76. The van der Waals surface area contributed by atoms with Gasteiger partial charge in [0.1, 0.15) is 5.75 Å². The summed E-state index contributed by atoms with van der Waals surface area (Å²) in [6.45, 7) is -0.0962. The van der Waals surface area contributed by atoms with E-state index in [-0.39, 0.29) is 18.4 Å². The molecule has 0 fully saturated rings. The van der Waals surface area contributed by atoms with Crippen LogP contribution in [0, 0.1) is 0 Å². The van der Waals surface area contributed by atoms with Gasteiger partial charge in [-0.2, -0.15) is 0 Å². The Labute approximate surface area is 143 Å². The monoisotopic (exact) mass is 376 g/mol. The van der Waals surface area contributed by atoms with E-state index >= 15 is 0 Å². The average Bonchev–Trinajstić information content (AvgIpc) is 2.54. The van der Waals surface area contributed by atoms with E-state index in [2.05, 4.69) is 21.2 Å². The van der Waals surface area contributed by atoms with Crippen LogP contribution in [-0.4, -0.2) is 37.4 Å². The van der Waals surface area contributed by atoms with Crippen LogP contribution in [0.3, 0.4) is 0 Å². The highest BCUT2D eigenvalue weighted by Crippen LogP contribution is 2.23. The first kappa shape index (κ1) is 17.0. The first-order valence-electron chi connectivity index (χ1n) is 6.96. The maximum atomic E-state index is 11.9. The van der Waals surface area contributed by atoms with Gasteiger partial charge in [-0.25, -0.2) is 0 Å². The van der Waals surface area contributed by atoms with E-state index in [1.165, 1.54) is 4.90 Å². The molecule has 6 heteroatoms. The second-order valence-electron chi connectivity index (χ2n) is 5.04. The zero-order valence-corrected chi connectivity index (χ0v) is 14.5. The lowest BCUT2D eigenvalue weighted by Gasteiger charge is -2.11. The zero-order valence-electron chi connectivity index (χ0n) is 12.9. The third kappa shape index (κ3) is 4.82. The van der Waals surface area contributed by atoms with Crippen molar-refractivity contribution >= 4 is 33.4 Å². The van der Waals surface area contributed by atoms with Gasteiger partial charge in [0.15, 0.2) is 6.61 Å². The summed E-state index contributed by atoms with van der Waals surface area (Å²) in [6, 6.07) is 14.0. The second-order valence-corrected chi connectivity index (χ2v) is 5.90. The Bertz CT molecular complexity index is 699. The number of nitrogens with one attached hydrogen (secondary N) is 1. The maximum absolute atomic E-state index is 11.9. The van der Waals surface area contributed by atoms with Crippen LogP contribution in [0.2, 0.25) is 0 Å². The number of anilines is 1. The number of carbonyl (C=O) groups excluding carboxylic acids is 2. The van der Waals surface area contributed by atoms with E-state index in [0.29, 0.717) is 17.0 Å². The van der Waals surface area contributed by atoms with Gasteiger partial charge < -0.3 is 15.0 Å². The van der Waals surface area contributed by atoms with Gasteiger partial charge in [0.25, 0.3) is 11.8 Å². The number of hydrogen-bond donors (Lipinski definition) is 1. The molecule has 0 aliphatic rings. The highest BCUT2D eigenvalue weighted by atomic mass is 79.9. The molecule has 0 saturated heterocycles. The van der Waals surface area contributed by atoms with Gasteiger partial charge >= 0.3 is 0 Å². The standard InChI is InChI=1S/C17H17BrN2O3/c1-20(2)17(22)12-7-9-13(10-8-12)19-16(21)11-23-15-6-4-3-5-14(15)18/h3-10H,11H2,1-2H3,(H,19,21). The summed E-state index contributed by atoms with van der Waals surface area (Å²) in [5.41, 5.74) is 1.18. The number of ether oxygens (including phenoxy) is 1. The van der Waals surface area contributed by atoms with Gasteiger partial charge in [-0.3, -0.25) is 9.59 Å². The summed E-state index contributed by atoms with van der Waals surface area (Å²) in [4.78, 5) is 25.2. The predicted molar refractivity (Wildman–Crippen MR) is 92.7 cm³/mol. The van der Waals surface area contributed by atoms with Crippen molar-refractivity contribution in [3.05, 3.63) is 58.6 Å². The van der Waals surface area contributed by atoms with Gasteiger partial charge in [0, 0.05) is 25.3 Å². The molecular weight excluding hydrogens is 360 g/mol. The van der Waals surface area contributed by atoms with Gasteiger partial charge in [0.2, 0.25) is 0 Å². The van der Waals surface area contributed by atoms with Crippen molar-refractivity contribution in [2.24, 2.45) is 0 Å². The van der Waals surface area contributed by atoms with E-state index in [1.807, 2.05) is 18.2 Å². The molecule has 0 atom stereocenters. The first-order chi connectivity index (χ1) is 11.0. The number of rotatable bonds is 5. The molecule has 1 N–H and O–H groups in total. The number of benzene rings is 2. The van der Waals surface area contributed by atoms with E-state index in [0.717, 1.165) is 4.47 Å².